The number of nitro groups is 1. The van der Waals surface area contributed by atoms with Crippen LogP contribution >= 0.6 is 0 Å². The van der Waals surface area contributed by atoms with Crippen LogP contribution in [0.3, 0.4) is 0 Å². The third-order valence-corrected chi connectivity index (χ3v) is 3.21. The van der Waals surface area contributed by atoms with Gasteiger partial charge in [-0.25, -0.2) is 0 Å². The molecule has 0 saturated carbocycles. The van der Waals surface area contributed by atoms with E-state index in [0.717, 1.165) is 10.8 Å². The predicted molar refractivity (Wildman–Crippen MR) is 69.7 cm³/mol. The van der Waals surface area contributed by atoms with Crippen LogP contribution in [0, 0.1) is 10.1 Å². The van der Waals surface area contributed by atoms with Gasteiger partial charge in [0, 0.05) is 12.1 Å². The quantitative estimate of drug-likeness (QED) is 0.468. The summed E-state index contributed by atoms with van der Waals surface area (Å²) < 4.78 is 5.56. The van der Waals surface area contributed by atoms with Crippen molar-refractivity contribution in [1.29, 1.82) is 0 Å². The van der Waals surface area contributed by atoms with Crippen molar-refractivity contribution in [2.45, 2.75) is 6.61 Å². The van der Waals surface area contributed by atoms with E-state index in [1.807, 2.05) is 30.3 Å². The molecule has 0 fully saturated rings. The van der Waals surface area contributed by atoms with E-state index < -0.39 is 4.92 Å². The lowest BCUT2D eigenvalue weighted by atomic mass is 10.2. The van der Waals surface area contributed by atoms with Crippen molar-refractivity contribution in [3.05, 3.63) is 70.3 Å². The van der Waals surface area contributed by atoms with Gasteiger partial charge in [0.2, 0.25) is 0 Å². The van der Waals surface area contributed by atoms with E-state index in [1.165, 1.54) is 12.1 Å². The Morgan fingerprint density at radius 3 is 2.33 bits per heavy atom. The largest absolute Gasteiger partial charge is 0.407 e. The molecule has 0 aliphatic rings. The maximum Gasteiger partial charge on any atom is 0.269 e. The van der Waals surface area contributed by atoms with Crippen LogP contribution in [0.4, 0.5) is 5.69 Å². The molecule has 0 N–H and O–H groups in total. The first-order chi connectivity index (χ1) is 8.75. The second-order valence-corrected chi connectivity index (χ2v) is 4.75. The molecule has 0 atom stereocenters. The van der Waals surface area contributed by atoms with Gasteiger partial charge in [-0.1, -0.05) is 30.3 Å². The van der Waals surface area contributed by atoms with Crippen LogP contribution in [-0.2, 0) is 11.0 Å². The molecule has 4 nitrogen and oxygen atoms in total. The second-order valence-electron chi connectivity index (χ2n) is 3.68. The number of nitro benzene ring substituents is 1. The number of benzene rings is 2. The molecule has 2 aromatic rings. The van der Waals surface area contributed by atoms with Gasteiger partial charge in [0.15, 0.2) is 0 Å². The average Bonchev–Trinajstić information content (AvgIpc) is 2.40. The Labute approximate surface area is 107 Å². The zero-order valence-electron chi connectivity index (χ0n) is 9.58. The van der Waals surface area contributed by atoms with Crippen LogP contribution in [0.2, 0.25) is 0 Å². The van der Waals surface area contributed by atoms with Gasteiger partial charge in [0.25, 0.3) is 15.5 Å². The minimum atomic E-state index is -0.406. The standard InChI is InChI=1S/C13H11NO3Si/c15-14(16)12-8-6-11(7-9-12)10-17-18-13-4-2-1-3-5-13/h1-9H,10H2. The van der Waals surface area contributed by atoms with Crippen molar-refractivity contribution in [2.24, 2.45) is 0 Å². The molecule has 2 aromatic carbocycles. The molecule has 0 aromatic heterocycles. The summed E-state index contributed by atoms with van der Waals surface area (Å²) in [4.78, 5) is 10.1. The first-order valence-corrected chi connectivity index (χ1v) is 6.33. The highest BCUT2D eigenvalue weighted by Crippen LogP contribution is 2.12. The molecular formula is C13H11NO3Si. The predicted octanol–water partition coefficient (Wildman–Crippen LogP) is 2.06. The Morgan fingerprint density at radius 2 is 1.72 bits per heavy atom. The first-order valence-electron chi connectivity index (χ1n) is 5.42. The fraction of sp³-hybridized carbons (Fsp3) is 0.0769. The lowest BCUT2D eigenvalue weighted by Crippen LogP contribution is -2.16. The lowest BCUT2D eigenvalue weighted by Gasteiger charge is -2.03. The summed E-state index contributed by atoms with van der Waals surface area (Å²) in [7, 11) is 0.289. The fourth-order valence-electron chi connectivity index (χ4n) is 1.42. The minimum Gasteiger partial charge on any atom is -0.407 e. The van der Waals surface area contributed by atoms with Crippen molar-refractivity contribution in [2.75, 3.05) is 0 Å². The highest BCUT2D eigenvalue weighted by molar-refractivity contribution is 6.46. The van der Waals surface area contributed by atoms with Crippen molar-refractivity contribution >= 4 is 20.6 Å². The number of rotatable bonds is 5. The molecule has 0 spiro atoms. The van der Waals surface area contributed by atoms with Crippen LogP contribution in [0.15, 0.2) is 54.6 Å². The summed E-state index contributed by atoms with van der Waals surface area (Å²) in [5.74, 6) is 0. The lowest BCUT2D eigenvalue weighted by molar-refractivity contribution is -0.384. The summed E-state index contributed by atoms with van der Waals surface area (Å²) in [5.41, 5.74) is 1.04. The Morgan fingerprint density at radius 1 is 1.06 bits per heavy atom. The van der Waals surface area contributed by atoms with E-state index in [4.69, 9.17) is 4.43 Å². The van der Waals surface area contributed by atoms with E-state index in [9.17, 15) is 10.1 Å². The smallest absolute Gasteiger partial charge is 0.269 e. The summed E-state index contributed by atoms with van der Waals surface area (Å²) in [5, 5.41) is 11.6. The third kappa shape index (κ3) is 3.51. The van der Waals surface area contributed by atoms with Crippen LogP contribution in [0.25, 0.3) is 0 Å². The van der Waals surface area contributed by atoms with Crippen LogP contribution < -0.4 is 5.19 Å². The Kier molecular flexibility index (Phi) is 4.22. The molecule has 0 saturated heterocycles. The maximum atomic E-state index is 10.5. The first kappa shape index (κ1) is 12.5. The van der Waals surface area contributed by atoms with E-state index in [2.05, 4.69) is 0 Å². The monoisotopic (exact) mass is 257 g/mol. The molecule has 0 heterocycles. The Hall–Kier alpha value is -1.98. The summed E-state index contributed by atoms with van der Waals surface area (Å²) in [6.45, 7) is 0.464. The maximum absolute atomic E-state index is 10.5. The van der Waals surface area contributed by atoms with Crippen molar-refractivity contribution in [3.63, 3.8) is 0 Å². The molecule has 0 aliphatic carbocycles. The molecule has 2 rings (SSSR count). The molecule has 0 amide bonds. The Bertz CT molecular complexity index is 514. The molecule has 0 aliphatic heterocycles. The van der Waals surface area contributed by atoms with Gasteiger partial charge in [-0.3, -0.25) is 10.1 Å². The Balaban J connectivity index is 1.85. The summed E-state index contributed by atoms with van der Waals surface area (Å²) in [6, 6.07) is 16.3. The molecule has 2 radical (unpaired) electrons. The molecular weight excluding hydrogens is 246 g/mol. The van der Waals surface area contributed by atoms with Gasteiger partial charge in [-0.15, -0.1) is 0 Å². The van der Waals surface area contributed by atoms with E-state index >= 15 is 0 Å². The summed E-state index contributed by atoms with van der Waals surface area (Å²) in [6.07, 6.45) is 0. The number of hydrogen-bond acceptors (Lipinski definition) is 3. The van der Waals surface area contributed by atoms with Crippen molar-refractivity contribution in [1.82, 2.24) is 0 Å². The molecule has 18 heavy (non-hydrogen) atoms. The molecule has 0 bridgehead atoms. The number of hydrogen-bond donors (Lipinski definition) is 0. The van der Waals surface area contributed by atoms with Gasteiger partial charge in [0.1, 0.15) is 0 Å². The third-order valence-electron chi connectivity index (χ3n) is 2.35. The van der Waals surface area contributed by atoms with Gasteiger partial charge in [0.05, 0.1) is 11.5 Å². The van der Waals surface area contributed by atoms with Crippen LogP contribution in [0.1, 0.15) is 5.56 Å². The van der Waals surface area contributed by atoms with Crippen LogP contribution in [0.5, 0.6) is 0 Å². The minimum absolute atomic E-state index is 0.101. The van der Waals surface area contributed by atoms with Gasteiger partial charge >= 0.3 is 0 Å². The average molecular weight is 257 g/mol. The number of nitrogens with zero attached hydrogens (tertiary/aromatic N) is 1. The summed E-state index contributed by atoms with van der Waals surface area (Å²) >= 11 is 0. The second kappa shape index (κ2) is 6.09. The highest BCUT2D eigenvalue weighted by Gasteiger charge is 2.04. The highest BCUT2D eigenvalue weighted by atomic mass is 28.2. The topological polar surface area (TPSA) is 52.4 Å². The number of non-ortho nitro benzene ring substituents is 1. The van der Waals surface area contributed by atoms with E-state index in [1.54, 1.807) is 12.1 Å². The normalized spacial score (nSPS) is 10.2. The fourth-order valence-corrected chi connectivity index (χ4v) is 2.16. The van der Waals surface area contributed by atoms with Crippen LogP contribution in [-0.4, -0.2) is 14.7 Å². The van der Waals surface area contributed by atoms with E-state index in [0.29, 0.717) is 6.61 Å². The van der Waals surface area contributed by atoms with Gasteiger partial charge in [-0.05, 0) is 22.9 Å². The van der Waals surface area contributed by atoms with Gasteiger partial charge in [-0.2, -0.15) is 0 Å². The molecule has 90 valence electrons. The molecule has 5 heteroatoms. The zero-order chi connectivity index (χ0) is 12.8. The molecule has 0 unspecified atom stereocenters. The van der Waals surface area contributed by atoms with Crippen molar-refractivity contribution < 1.29 is 9.35 Å². The zero-order valence-corrected chi connectivity index (χ0v) is 10.6. The SMILES string of the molecule is O=[N+]([O-])c1ccc(CO[Si]c2ccccc2)cc1. The van der Waals surface area contributed by atoms with Gasteiger partial charge < -0.3 is 4.43 Å². The van der Waals surface area contributed by atoms with Crippen molar-refractivity contribution in [3.8, 4) is 0 Å². The van der Waals surface area contributed by atoms with E-state index in [-0.39, 0.29) is 15.5 Å².